The molecule has 0 bridgehead atoms. The topological polar surface area (TPSA) is 75.3 Å². The number of hydrogen-bond acceptors (Lipinski definition) is 4. The molecule has 1 heterocycles. The van der Waals surface area contributed by atoms with E-state index in [-0.39, 0.29) is 0 Å². The second-order valence-electron chi connectivity index (χ2n) is 6.51. The molecule has 0 amide bonds. The van der Waals surface area contributed by atoms with Gasteiger partial charge in [0, 0.05) is 29.6 Å². The largest absolute Gasteiger partial charge is 0.357 e. The van der Waals surface area contributed by atoms with Crippen LogP contribution in [0.5, 0.6) is 0 Å². The summed E-state index contributed by atoms with van der Waals surface area (Å²) in [6, 6.07) is 7.96. The summed E-state index contributed by atoms with van der Waals surface area (Å²) in [6.07, 6.45) is 6.98. The molecule has 2 N–H and O–H groups in total. The van der Waals surface area contributed by atoms with Gasteiger partial charge >= 0.3 is 0 Å². The Hall–Kier alpha value is -2.08. The number of hydrogen-bond donors (Lipinski definition) is 2. The van der Waals surface area contributed by atoms with Crippen LogP contribution in [0.4, 0.5) is 0 Å². The first-order valence-electron chi connectivity index (χ1n) is 9.38. The summed E-state index contributed by atoms with van der Waals surface area (Å²) in [6.45, 7) is 3.52. The van der Waals surface area contributed by atoms with Gasteiger partial charge in [-0.05, 0) is 31.9 Å². The number of halogens is 1. The van der Waals surface area contributed by atoms with E-state index in [0.717, 1.165) is 18.1 Å². The maximum Gasteiger partial charge on any atom is 0.228 e. The average Bonchev–Trinajstić information content (AvgIpc) is 3.12. The predicted molar refractivity (Wildman–Crippen MR) is 104 cm³/mol. The highest BCUT2D eigenvalue weighted by molar-refractivity contribution is 6.30. The highest BCUT2D eigenvalue weighted by Gasteiger charge is 2.14. The third kappa shape index (κ3) is 5.46. The van der Waals surface area contributed by atoms with Gasteiger partial charge in [-0.15, -0.1) is 0 Å². The van der Waals surface area contributed by atoms with E-state index in [9.17, 15) is 0 Å². The lowest BCUT2D eigenvalue weighted by Gasteiger charge is -2.24. The van der Waals surface area contributed by atoms with E-state index in [2.05, 4.69) is 32.7 Å². The molecule has 26 heavy (non-hydrogen) atoms. The minimum absolute atomic E-state index is 0.527. The smallest absolute Gasteiger partial charge is 0.228 e. The molecule has 1 aromatic heterocycles. The Balaban J connectivity index is 1.55. The summed E-state index contributed by atoms with van der Waals surface area (Å²) in [5.41, 5.74) is 0.850. The Morgan fingerprint density at radius 2 is 2.15 bits per heavy atom. The minimum Gasteiger partial charge on any atom is -0.357 e. The van der Waals surface area contributed by atoms with Crippen molar-refractivity contribution in [1.29, 1.82) is 0 Å². The number of aliphatic imine (C=N–C) groups is 1. The fourth-order valence-electron chi connectivity index (χ4n) is 3.12. The van der Waals surface area contributed by atoms with Crippen molar-refractivity contribution < 1.29 is 4.52 Å². The van der Waals surface area contributed by atoms with E-state index >= 15 is 0 Å². The third-order valence-electron chi connectivity index (χ3n) is 4.44. The molecular weight excluding hydrogens is 350 g/mol. The van der Waals surface area contributed by atoms with Crippen molar-refractivity contribution in [3.05, 3.63) is 35.2 Å². The number of nitrogens with zero attached hydrogens (tertiary/aromatic N) is 3. The van der Waals surface area contributed by atoms with Crippen LogP contribution < -0.4 is 10.6 Å². The van der Waals surface area contributed by atoms with Crippen LogP contribution >= 0.6 is 11.6 Å². The second-order valence-corrected chi connectivity index (χ2v) is 6.95. The first-order chi connectivity index (χ1) is 12.7. The molecule has 3 rings (SSSR count). The summed E-state index contributed by atoms with van der Waals surface area (Å²) >= 11 is 6.01. The lowest BCUT2D eigenvalue weighted by Crippen LogP contribution is -2.44. The molecule has 0 radical (unpaired) electrons. The maximum atomic E-state index is 6.01. The van der Waals surface area contributed by atoms with Crippen LogP contribution in [0.3, 0.4) is 0 Å². The van der Waals surface area contributed by atoms with E-state index in [1.165, 1.54) is 32.1 Å². The Labute approximate surface area is 159 Å². The van der Waals surface area contributed by atoms with Gasteiger partial charge in [-0.25, -0.2) is 0 Å². The summed E-state index contributed by atoms with van der Waals surface area (Å²) in [4.78, 5) is 9.08. The lowest BCUT2D eigenvalue weighted by atomic mass is 9.96. The van der Waals surface area contributed by atoms with Crippen molar-refractivity contribution in [3.8, 4) is 11.4 Å². The third-order valence-corrected chi connectivity index (χ3v) is 4.67. The molecule has 1 aliphatic carbocycles. The van der Waals surface area contributed by atoms with Crippen molar-refractivity contribution in [2.45, 2.75) is 51.5 Å². The van der Waals surface area contributed by atoms with Gasteiger partial charge in [0.2, 0.25) is 11.7 Å². The normalized spacial score (nSPS) is 15.8. The van der Waals surface area contributed by atoms with E-state index < -0.39 is 0 Å². The SMILES string of the molecule is CCNC(=NCCc1nc(-c2cccc(Cl)c2)no1)NC1CCCCC1. The summed E-state index contributed by atoms with van der Waals surface area (Å²) in [5, 5.41) is 11.5. The molecule has 140 valence electrons. The number of benzene rings is 1. The van der Waals surface area contributed by atoms with Gasteiger partial charge in [-0.3, -0.25) is 4.99 Å². The Morgan fingerprint density at radius 3 is 2.92 bits per heavy atom. The van der Waals surface area contributed by atoms with Gasteiger partial charge in [0.25, 0.3) is 0 Å². The van der Waals surface area contributed by atoms with Crippen LogP contribution in [0.15, 0.2) is 33.8 Å². The van der Waals surface area contributed by atoms with Crippen molar-refractivity contribution in [3.63, 3.8) is 0 Å². The molecule has 0 spiro atoms. The first-order valence-corrected chi connectivity index (χ1v) is 9.76. The van der Waals surface area contributed by atoms with Crippen molar-refractivity contribution in [2.24, 2.45) is 4.99 Å². The van der Waals surface area contributed by atoms with Crippen LogP contribution in [-0.2, 0) is 6.42 Å². The Kier molecular flexibility index (Phi) is 6.89. The summed E-state index contributed by atoms with van der Waals surface area (Å²) < 4.78 is 5.34. The van der Waals surface area contributed by atoms with Crippen LogP contribution in [0.1, 0.15) is 44.9 Å². The molecular formula is C19H26ClN5O. The van der Waals surface area contributed by atoms with Crippen molar-refractivity contribution in [2.75, 3.05) is 13.1 Å². The zero-order valence-electron chi connectivity index (χ0n) is 15.2. The average molecular weight is 376 g/mol. The summed E-state index contributed by atoms with van der Waals surface area (Å²) in [5.74, 6) is 2.00. The zero-order valence-corrected chi connectivity index (χ0v) is 15.9. The minimum atomic E-state index is 0.527. The predicted octanol–water partition coefficient (Wildman–Crippen LogP) is 3.82. The zero-order chi connectivity index (χ0) is 18.2. The number of guanidine groups is 1. The molecule has 0 atom stereocenters. The molecule has 1 aliphatic rings. The first kappa shape index (κ1) is 18.7. The molecule has 1 aromatic carbocycles. The van der Waals surface area contributed by atoms with Crippen LogP contribution in [0.2, 0.25) is 5.02 Å². The molecule has 0 aliphatic heterocycles. The standard InChI is InChI=1S/C19H26ClN5O/c1-2-21-19(23-16-9-4-3-5-10-16)22-12-11-17-24-18(25-26-17)14-7-6-8-15(20)13-14/h6-8,13,16H,2-5,9-12H2,1H3,(H2,21,22,23). The highest BCUT2D eigenvalue weighted by atomic mass is 35.5. The molecule has 7 heteroatoms. The molecule has 0 unspecified atom stereocenters. The maximum absolute atomic E-state index is 6.01. The van der Waals surface area contributed by atoms with Crippen LogP contribution in [0.25, 0.3) is 11.4 Å². The van der Waals surface area contributed by atoms with Crippen molar-refractivity contribution >= 4 is 17.6 Å². The lowest BCUT2D eigenvalue weighted by molar-refractivity contribution is 0.380. The fraction of sp³-hybridized carbons (Fsp3) is 0.526. The monoisotopic (exact) mass is 375 g/mol. The second kappa shape index (κ2) is 9.57. The highest BCUT2D eigenvalue weighted by Crippen LogP contribution is 2.20. The van der Waals surface area contributed by atoms with E-state index in [4.69, 9.17) is 16.1 Å². The van der Waals surface area contributed by atoms with E-state index in [1.807, 2.05) is 24.3 Å². The molecule has 2 aromatic rings. The van der Waals surface area contributed by atoms with E-state index in [0.29, 0.717) is 35.7 Å². The van der Waals surface area contributed by atoms with Gasteiger partial charge in [0.1, 0.15) is 0 Å². The summed E-state index contributed by atoms with van der Waals surface area (Å²) in [7, 11) is 0. The molecule has 6 nitrogen and oxygen atoms in total. The van der Waals surface area contributed by atoms with Crippen LogP contribution in [-0.4, -0.2) is 35.2 Å². The molecule has 0 saturated heterocycles. The Morgan fingerprint density at radius 1 is 1.31 bits per heavy atom. The quantitative estimate of drug-likeness (QED) is 0.593. The van der Waals surface area contributed by atoms with Gasteiger partial charge in [0.05, 0.1) is 6.54 Å². The molecule has 1 saturated carbocycles. The van der Waals surface area contributed by atoms with Crippen molar-refractivity contribution in [1.82, 2.24) is 20.8 Å². The number of nitrogens with one attached hydrogen (secondary N) is 2. The number of rotatable bonds is 6. The number of aromatic nitrogens is 2. The fourth-order valence-corrected chi connectivity index (χ4v) is 3.32. The molecule has 1 fully saturated rings. The van der Waals surface area contributed by atoms with Gasteiger partial charge in [0.15, 0.2) is 5.96 Å². The van der Waals surface area contributed by atoms with E-state index in [1.54, 1.807) is 0 Å². The van der Waals surface area contributed by atoms with Gasteiger partial charge in [-0.2, -0.15) is 4.98 Å². The van der Waals surface area contributed by atoms with Gasteiger partial charge < -0.3 is 15.2 Å². The van der Waals surface area contributed by atoms with Gasteiger partial charge in [-0.1, -0.05) is 48.2 Å². The Bertz CT molecular complexity index is 724. The van der Waals surface area contributed by atoms with Crippen LogP contribution in [0, 0.1) is 0 Å².